The molecule has 0 atom stereocenters. The molecular weight excluding hydrogens is 656 g/mol. The van der Waals surface area contributed by atoms with E-state index in [1.54, 1.807) is 0 Å². The summed E-state index contributed by atoms with van der Waals surface area (Å²) in [6, 6.07) is 39.3. The van der Waals surface area contributed by atoms with Gasteiger partial charge in [-0.2, -0.15) is 0 Å². The van der Waals surface area contributed by atoms with Gasteiger partial charge in [0, 0.05) is 0 Å². The Kier molecular flexibility index (Phi) is 16.6. The molecular formula is C28H28O4P2S4Zn. The van der Waals surface area contributed by atoms with Crippen molar-refractivity contribution in [2.45, 2.75) is 26.4 Å². The van der Waals surface area contributed by atoms with Gasteiger partial charge in [-0.25, -0.2) is 0 Å². The van der Waals surface area contributed by atoms with E-state index in [-0.39, 0.29) is 19.5 Å². The van der Waals surface area contributed by atoms with Gasteiger partial charge in [-0.1, -0.05) is 145 Å². The molecule has 0 bridgehead atoms. The summed E-state index contributed by atoms with van der Waals surface area (Å²) in [6.45, 7) is 1.60. The molecule has 0 aliphatic carbocycles. The molecule has 200 valence electrons. The Morgan fingerprint density at radius 3 is 0.769 bits per heavy atom. The molecule has 39 heavy (non-hydrogen) atoms. The van der Waals surface area contributed by atoms with Crippen LogP contribution in [0.15, 0.2) is 121 Å². The Hall–Kier alpha value is -0.657. The van der Waals surface area contributed by atoms with Gasteiger partial charge in [0.2, 0.25) is 0 Å². The molecule has 0 heterocycles. The van der Waals surface area contributed by atoms with Crippen molar-refractivity contribution < 1.29 is 37.6 Å². The smallest absolute Gasteiger partial charge is 0.691 e. The summed E-state index contributed by atoms with van der Waals surface area (Å²) in [5, 5.41) is 0. The van der Waals surface area contributed by atoms with E-state index < -0.39 is 11.4 Å². The van der Waals surface area contributed by atoms with E-state index in [4.69, 9.17) is 66.2 Å². The van der Waals surface area contributed by atoms with Gasteiger partial charge in [-0.05, 0) is 22.3 Å². The second-order valence-corrected chi connectivity index (χ2v) is 17.9. The molecule has 4 nitrogen and oxygen atoms in total. The first-order valence-corrected chi connectivity index (χ1v) is 19.0. The van der Waals surface area contributed by atoms with E-state index in [2.05, 4.69) is 0 Å². The Balaban J connectivity index is 0.000000267. The van der Waals surface area contributed by atoms with Crippen LogP contribution in [0.2, 0.25) is 0 Å². The summed E-state index contributed by atoms with van der Waals surface area (Å²) in [5.41, 5.74) is -1.03. The van der Waals surface area contributed by atoms with Crippen LogP contribution < -0.4 is 0 Å². The van der Waals surface area contributed by atoms with Crippen molar-refractivity contribution >= 4 is 59.5 Å². The van der Waals surface area contributed by atoms with E-state index in [1.165, 1.54) is 0 Å². The van der Waals surface area contributed by atoms with Gasteiger partial charge in [0.1, 0.15) is 0 Å². The fourth-order valence-electron chi connectivity index (χ4n) is 2.99. The van der Waals surface area contributed by atoms with Crippen molar-refractivity contribution in [1.82, 2.24) is 0 Å². The minimum atomic E-state index is -2.61. The summed E-state index contributed by atoms with van der Waals surface area (Å²) in [4.78, 5) is 0. The van der Waals surface area contributed by atoms with Crippen LogP contribution in [-0.4, -0.2) is 0 Å². The molecule has 4 aromatic rings. The van der Waals surface area contributed by atoms with Crippen LogP contribution in [0, 0.1) is 0 Å². The second kappa shape index (κ2) is 18.7. The summed E-state index contributed by atoms with van der Waals surface area (Å²) in [7, 11) is 0. The van der Waals surface area contributed by atoms with Crippen molar-refractivity contribution in [2.24, 2.45) is 0 Å². The maximum absolute atomic E-state index is 5.56. The third-order valence-electron chi connectivity index (χ3n) is 4.93. The molecule has 11 heteroatoms. The fourth-order valence-corrected chi connectivity index (χ4v) is 5.63. The van der Waals surface area contributed by atoms with Gasteiger partial charge in [0.15, 0.2) is 0 Å². The number of hydrogen-bond acceptors (Lipinski definition) is 8. The monoisotopic (exact) mass is 682 g/mol. The van der Waals surface area contributed by atoms with Crippen molar-refractivity contribution in [1.29, 1.82) is 0 Å². The average Bonchev–Trinajstić information content (AvgIpc) is 2.96. The zero-order valence-corrected chi connectivity index (χ0v) is 29.3. The average molecular weight is 684 g/mol. The topological polar surface area (TPSA) is 36.9 Å². The first-order valence-electron chi connectivity index (χ1n) is 11.7. The second-order valence-electron chi connectivity index (χ2n) is 7.93. The normalized spacial score (nSPS) is 11.1. The van der Waals surface area contributed by atoms with Gasteiger partial charge in [-0.15, -0.1) is 0 Å². The van der Waals surface area contributed by atoms with Crippen molar-refractivity contribution in [3.63, 3.8) is 0 Å². The molecule has 0 spiro atoms. The van der Waals surface area contributed by atoms with Crippen LogP contribution >= 0.6 is 11.4 Å². The molecule has 4 aromatic carbocycles. The third-order valence-corrected chi connectivity index (χ3v) is 9.24. The van der Waals surface area contributed by atoms with Gasteiger partial charge in [0.25, 0.3) is 0 Å². The first kappa shape index (κ1) is 34.5. The van der Waals surface area contributed by atoms with Gasteiger partial charge < -0.3 is 42.6 Å². The predicted molar refractivity (Wildman–Crippen MR) is 168 cm³/mol. The van der Waals surface area contributed by atoms with Crippen molar-refractivity contribution in [2.75, 3.05) is 0 Å². The number of rotatable bonds is 12. The van der Waals surface area contributed by atoms with E-state index in [1.807, 2.05) is 121 Å². The molecule has 0 amide bonds. The maximum atomic E-state index is 5.56. The first-order chi connectivity index (χ1) is 18.3. The van der Waals surface area contributed by atoms with Crippen molar-refractivity contribution in [3.05, 3.63) is 144 Å². The van der Waals surface area contributed by atoms with E-state index in [0.29, 0.717) is 26.4 Å². The molecule has 0 unspecified atom stereocenters. The molecule has 0 saturated carbocycles. The minimum absolute atomic E-state index is 0. The SMILES string of the molecule is S=P([S-])(OCc1ccccc1)OCc1ccccc1.S=P([S-])(OCc1ccccc1)OCc1ccccc1.[Zn+2]. The van der Waals surface area contributed by atoms with Crippen LogP contribution in [0.4, 0.5) is 0 Å². The van der Waals surface area contributed by atoms with Crippen LogP contribution in [0.5, 0.6) is 0 Å². The van der Waals surface area contributed by atoms with E-state index >= 15 is 0 Å². The summed E-state index contributed by atoms with van der Waals surface area (Å²) >= 11 is 20.9. The third kappa shape index (κ3) is 15.2. The maximum Gasteiger partial charge on any atom is 2.00 e. The Bertz CT molecular complexity index is 1110. The molecule has 0 saturated heterocycles. The van der Waals surface area contributed by atoms with Crippen LogP contribution in [0.1, 0.15) is 22.3 Å². The predicted octanol–water partition coefficient (Wildman–Crippen LogP) is 8.38. The van der Waals surface area contributed by atoms with Crippen LogP contribution in [-0.2, 0) is 112 Å². The summed E-state index contributed by atoms with van der Waals surface area (Å²) in [5.74, 6) is 0. The van der Waals surface area contributed by atoms with Gasteiger partial charge in [0.05, 0.1) is 37.8 Å². The standard InChI is InChI=1S/2C14H15O2PS2.Zn/c2*18-17(19,15-11-13-7-3-1-4-8-13)16-12-14-9-5-2-6-10-14;/h2*1-10H,11-12H2,(H,18,19);/q;;+2/p-2. The summed E-state index contributed by atoms with van der Waals surface area (Å²) < 4.78 is 22.2. The van der Waals surface area contributed by atoms with Crippen LogP contribution in [0.25, 0.3) is 0 Å². The number of hydrogen-bond donors (Lipinski definition) is 0. The fraction of sp³-hybridized carbons (Fsp3) is 0.143. The summed E-state index contributed by atoms with van der Waals surface area (Å²) in [6.07, 6.45) is 0. The van der Waals surface area contributed by atoms with Crippen LogP contribution in [0.3, 0.4) is 0 Å². The van der Waals surface area contributed by atoms with Crippen molar-refractivity contribution in [3.8, 4) is 0 Å². The largest absolute Gasteiger partial charge is 2.00 e. The molecule has 0 aromatic heterocycles. The Labute approximate surface area is 265 Å². The molecule has 0 fully saturated rings. The molecule has 0 radical (unpaired) electrons. The minimum Gasteiger partial charge on any atom is -0.691 e. The van der Waals surface area contributed by atoms with Gasteiger partial charge in [-0.3, -0.25) is 0 Å². The molecule has 0 aliphatic heterocycles. The molecule has 0 N–H and O–H groups in total. The zero-order chi connectivity index (χ0) is 27.1. The Morgan fingerprint density at radius 2 is 0.590 bits per heavy atom. The van der Waals surface area contributed by atoms with E-state index in [0.717, 1.165) is 22.3 Å². The zero-order valence-electron chi connectivity index (χ0n) is 21.2. The van der Waals surface area contributed by atoms with E-state index in [9.17, 15) is 0 Å². The van der Waals surface area contributed by atoms with Gasteiger partial charge >= 0.3 is 19.5 Å². The quantitative estimate of drug-likeness (QED) is 0.0838. The molecule has 4 rings (SSSR count). The molecule has 0 aliphatic rings. The number of benzene rings is 4. The Morgan fingerprint density at radius 1 is 0.410 bits per heavy atom.